The van der Waals surface area contributed by atoms with Crippen molar-refractivity contribution in [3.8, 4) is 5.75 Å². The zero-order chi connectivity index (χ0) is 20.4. The van der Waals surface area contributed by atoms with Gasteiger partial charge in [0, 0.05) is 23.7 Å². The molecular weight excluding hydrogens is 390 g/mol. The number of hydrogen-bond acceptors (Lipinski definition) is 3. The normalized spacial score (nSPS) is 24.9. The molecule has 152 valence electrons. The van der Waals surface area contributed by atoms with Crippen LogP contribution in [0.25, 0.3) is 0 Å². The van der Waals surface area contributed by atoms with E-state index in [1.54, 1.807) is 30.3 Å². The van der Waals surface area contributed by atoms with Crippen LogP contribution in [0.1, 0.15) is 41.6 Å². The predicted molar refractivity (Wildman–Crippen MR) is 111 cm³/mol. The Balaban J connectivity index is 1.15. The maximum Gasteiger partial charge on any atom is 0.315 e. The first kappa shape index (κ1) is 19.6. The predicted octanol–water partition coefficient (Wildman–Crippen LogP) is 3.59. The maximum absolute atomic E-state index is 12.3. The molecule has 1 spiro atoms. The van der Waals surface area contributed by atoms with Crippen LogP contribution >= 0.6 is 11.6 Å². The van der Waals surface area contributed by atoms with Crippen molar-refractivity contribution in [1.82, 2.24) is 16.0 Å². The van der Waals surface area contributed by atoms with Gasteiger partial charge in [0.15, 0.2) is 0 Å². The average molecular weight is 414 g/mol. The molecule has 2 aliphatic rings. The smallest absolute Gasteiger partial charge is 0.315 e. The number of rotatable bonds is 5. The van der Waals surface area contributed by atoms with Gasteiger partial charge >= 0.3 is 6.03 Å². The van der Waals surface area contributed by atoms with Gasteiger partial charge in [0.2, 0.25) is 0 Å². The van der Waals surface area contributed by atoms with Crippen molar-refractivity contribution in [3.63, 3.8) is 0 Å². The minimum absolute atomic E-state index is 0.00319. The number of nitrogens with one attached hydrogen (secondary N) is 3. The average Bonchev–Trinajstić information content (AvgIpc) is 2.64. The van der Waals surface area contributed by atoms with Crippen molar-refractivity contribution in [2.75, 3.05) is 0 Å². The van der Waals surface area contributed by atoms with E-state index in [4.69, 9.17) is 11.6 Å². The maximum atomic E-state index is 12.3. The molecule has 2 aromatic carbocycles. The van der Waals surface area contributed by atoms with Crippen molar-refractivity contribution in [3.05, 3.63) is 64.7 Å². The van der Waals surface area contributed by atoms with E-state index < -0.39 is 0 Å². The second-order valence-electron chi connectivity index (χ2n) is 8.15. The lowest BCUT2D eigenvalue weighted by molar-refractivity contribution is -0.0236. The number of phenols is 1. The van der Waals surface area contributed by atoms with Crippen molar-refractivity contribution in [2.45, 2.75) is 44.3 Å². The fraction of sp³-hybridized carbons (Fsp3) is 0.364. The number of benzene rings is 2. The van der Waals surface area contributed by atoms with E-state index in [0.29, 0.717) is 17.1 Å². The molecular formula is C22H24ClN3O3. The van der Waals surface area contributed by atoms with Gasteiger partial charge in [-0.3, -0.25) is 4.79 Å². The molecule has 0 aliphatic heterocycles. The van der Waals surface area contributed by atoms with E-state index in [0.717, 1.165) is 31.2 Å². The molecule has 0 radical (unpaired) electrons. The van der Waals surface area contributed by atoms with Crippen molar-refractivity contribution < 1.29 is 14.7 Å². The topological polar surface area (TPSA) is 90.5 Å². The number of amides is 3. The summed E-state index contributed by atoms with van der Waals surface area (Å²) in [7, 11) is 0. The summed E-state index contributed by atoms with van der Waals surface area (Å²) in [4.78, 5) is 24.3. The van der Waals surface area contributed by atoms with E-state index in [1.807, 2.05) is 12.1 Å². The van der Waals surface area contributed by atoms with Crippen LogP contribution < -0.4 is 16.0 Å². The van der Waals surface area contributed by atoms with Crippen molar-refractivity contribution in [2.24, 2.45) is 5.41 Å². The van der Waals surface area contributed by atoms with Crippen molar-refractivity contribution in [1.29, 1.82) is 0 Å². The lowest BCUT2D eigenvalue weighted by atomic mass is 9.52. The third-order valence-electron chi connectivity index (χ3n) is 5.90. The highest BCUT2D eigenvalue weighted by Gasteiger charge is 2.53. The Bertz CT molecular complexity index is 902. The molecule has 0 bridgehead atoms. The molecule has 0 aromatic heterocycles. The highest BCUT2D eigenvalue weighted by atomic mass is 35.5. The summed E-state index contributed by atoms with van der Waals surface area (Å²) in [5.41, 5.74) is 1.53. The Morgan fingerprint density at radius 2 is 1.59 bits per heavy atom. The Hall–Kier alpha value is -2.73. The first-order valence-corrected chi connectivity index (χ1v) is 10.2. The zero-order valence-electron chi connectivity index (χ0n) is 16.0. The second kappa shape index (κ2) is 7.95. The highest BCUT2D eigenvalue weighted by Crippen LogP contribution is 2.55. The Morgan fingerprint density at radius 1 is 0.966 bits per heavy atom. The minimum Gasteiger partial charge on any atom is -0.507 e. The summed E-state index contributed by atoms with van der Waals surface area (Å²) in [6.45, 7) is 0.460. The Morgan fingerprint density at radius 3 is 2.24 bits per heavy atom. The fourth-order valence-corrected chi connectivity index (χ4v) is 4.58. The largest absolute Gasteiger partial charge is 0.507 e. The van der Waals surface area contributed by atoms with Crippen LogP contribution in [0.15, 0.2) is 48.5 Å². The van der Waals surface area contributed by atoms with E-state index in [2.05, 4.69) is 16.0 Å². The molecule has 0 saturated heterocycles. The summed E-state index contributed by atoms with van der Waals surface area (Å²) >= 11 is 5.86. The van der Waals surface area contributed by atoms with Gasteiger partial charge in [0.25, 0.3) is 5.91 Å². The number of halogens is 1. The van der Waals surface area contributed by atoms with Crippen LogP contribution in [0.5, 0.6) is 5.75 Å². The van der Waals surface area contributed by atoms with E-state index in [9.17, 15) is 14.7 Å². The van der Waals surface area contributed by atoms with E-state index in [-0.39, 0.29) is 35.2 Å². The van der Waals surface area contributed by atoms with Gasteiger partial charge in [-0.05, 0) is 60.9 Å². The van der Waals surface area contributed by atoms with E-state index >= 15 is 0 Å². The SMILES string of the molecule is O=C(NCc1ccc(Cl)cc1)NC1CC2(C1)CC(NC(=O)c1ccccc1O)C2. The molecule has 6 nitrogen and oxygen atoms in total. The Labute approximate surface area is 174 Å². The van der Waals surface area contributed by atoms with Crippen molar-refractivity contribution >= 4 is 23.5 Å². The van der Waals surface area contributed by atoms with Crippen LogP contribution in [-0.2, 0) is 6.54 Å². The number of phenolic OH excluding ortho intramolecular Hbond substituents is 1. The van der Waals surface area contributed by atoms with Crippen LogP contribution in [0.4, 0.5) is 4.79 Å². The number of carbonyl (C=O) groups is 2. The highest BCUT2D eigenvalue weighted by molar-refractivity contribution is 6.30. The quantitative estimate of drug-likeness (QED) is 0.603. The third kappa shape index (κ3) is 4.48. The second-order valence-corrected chi connectivity index (χ2v) is 8.59. The molecule has 0 atom stereocenters. The fourth-order valence-electron chi connectivity index (χ4n) is 4.46. The Kier molecular flexibility index (Phi) is 5.37. The van der Waals surface area contributed by atoms with Crippen LogP contribution in [0.3, 0.4) is 0 Å². The van der Waals surface area contributed by atoms with Gasteiger partial charge in [-0.1, -0.05) is 35.9 Å². The third-order valence-corrected chi connectivity index (χ3v) is 6.16. The molecule has 29 heavy (non-hydrogen) atoms. The molecule has 0 unspecified atom stereocenters. The number of aromatic hydroxyl groups is 1. The number of hydrogen-bond donors (Lipinski definition) is 4. The van der Waals surface area contributed by atoms with Crippen LogP contribution in [-0.4, -0.2) is 29.1 Å². The summed E-state index contributed by atoms with van der Waals surface area (Å²) in [6.07, 6.45) is 3.70. The van der Waals surface area contributed by atoms with Gasteiger partial charge in [-0.25, -0.2) is 4.79 Å². The zero-order valence-corrected chi connectivity index (χ0v) is 16.7. The van der Waals surface area contributed by atoms with E-state index in [1.165, 1.54) is 6.07 Å². The molecule has 2 fully saturated rings. The van der Waals surface area contributed by atoms with Gasteiger partial charge in [-0.15, -0.1) is 0 Å². The van der Waals surface area contributed by atoms with Gasteiger partial charge in [0.1, 0.15) is 5.75 Å². The molecule has 4 N–H and O–H groups in total. The summed E-state index contributed by atoms with van der Waals surface area (Å²) in [6, 6.07) is 14.1. The van der Waals surface area contributed by atoms with Gasteiger partial charge in [-0.2, -0.15) is 0 Å². The molecule has 7 heteroatoms. The van der Waals surface area contributed by atoms with Gasteiger partial charge < -0.3 is 21.1 Å². The number of urea groups is 1. The standard InChI is InChI=1S/C22H24ClN3O3/c23-15-7-5-14(6-8-15)13-24-21(29)26-17-11-22(12-17)9-16(10-22)25-20(28)18-3-1-2-4-19(18)27/h1-8,16-17,27H,9-13H2,(H,25,28)(H2,24,26,29). The summed E-state index contributed by atoms with van der Waals surface area (Å²) in [5.74, 6) is -0.241. The summed E-state index contributed by atoms with van der Waals surface area (Å²) in [5, 5.41) is 19.3. The molecule has 3 amide bonds. The van der Waals surface area contributed by atoms with Gasteiger partial charge in [0.05, 0.1) is 5.56 Å². The summed E-state index contributed by atoms with van der Waals surface area (Å²) < 4.78 is 0. The first-order chi connectivity index (χ1) is 13.9. The molecule has 2 aromatic rings. The monoisotopic (exact) mass is 413 g/mol. The molecule has 4 rings (SSSR count). The molecule has 0 heterocycles. The van der Waals surface area contributed by atoms with Crippen LogP contribution in [0, 0.1) is 5.41 Å². The number of para-hydroxylation sites is 1. The lowest BCUT2D eigenvalue weighted by Crippen LogP contribution is -2.61. The molecule has 2 aliphatic carbocycles. The first-order valence-electron chi connectivity index (χ1n) is 9.80. The van der Waals surface area contributed by atoms with Crippen LogP contribution in [0.2, 0.25) is 5.02 Å². The minimum atomic E-state index is -0.237. The lowest BCUT2D eigenvalue weighted by Gasteiger charge is -2.57. The number of carbonyl (C=O) groups excluding carboxylic acids is 2. The molecule has 2 saturated carbocycles.